The van der Waals surface area contributed by atoms with Crippen LogP contribution in [0.25, 0.3) is 22.2 Å². The number of carboxylic acids is 1. The summed E-state index contributed by atoms with van der Waals surface area (Å²) in [5, 5.41) is 22.9. The number of carbonyl (C=O) groups is 1. The Balaban J connectivity index is 1.91. The fourth-order valence-electron chi connectivity index (χ4n) is 3.26. The van der Waals surface area contributed by atoms with Crippen LogP contribution in [0.3, 0.4) is 0 Å². The molecule has 0 aliphatic rings. The normalized spacial score (nSPS) is 10.8. The van der Waals surface area contributed by atoms with Crippen molar-refractivity contribution in [1.29, 1.82) is 5.26 Å². The van der Waals surface area contributed by atoms with E-state index in [0.717, 1.165) is 6.07 Å². The van der Waals surface area contributed by atoms with Crippen molar-refractivity contribution in [3.63, 3.8) is 0 Å². The van der Waals surface area contributed by atoms with Gasteiger partial charge < -0.3 is 5.11 Å². The number of rotatable bonds is 4. The fourth-order valence-corrected chi connectivity index (χ4v) is 3.26. The molecule has 3 aromatic carbocycles. The number of hydrogen-bond donors (Lipinski definition) is 1. The van der Waals surface area contributed by atoms with Crippen LogP contribution in [0.15, 0.2) is 60.7 Å². The van der Waals surface area contributed by atoms with E-state index in [1.165, 1.54) is 28.9 Å². The van der Waals surface area contributed by atoms with E-state index in [1.807, 2.05) is 0 Å². The van der Waals surface area contributed by atoms with E-state index in [0.29, 0.717) is 16.6 Å². The molecule has 1 aromatic heterocycles. The van der Waals surface area contributed by atoms with E-state index in [4.69, 9.17) is 5.11 Å². The van der Waals surface area contributed by atoms with E-state index < -0.39 is 17.6 Å². The molecule has 0 saturated heterocycles. The Morgan fingerprint density at radius 2 is 1.86 bits per heavy atom. The lowest BCUT2D eigenvalue weighted by atomic mass is 10.0. The highest BCUT2D eigenvalue weighted by Crippen LogP contribution is 2.32. The summed E-state index contributed by atoms with van der Waals surface area (Å²) >= 11 is 0. The molecule has 0 bridgehead atoms. The van der Waals surface area contributed by atoms with Crippen molar-refractivity contribution in [3.8, 4) is 17.3 Å². The molecule has 1 heterocycles. The van der Waals surface area contributed by atoms with Gasteiger partial charge in [0, 0.05) is 5.56 Å². The standard InChI is InChI=1S/C22H13F2N3O2/c23-17-6-3-7-19-20(17)21(16-9-8-13(22(28)29)10-18(16)24)26-27(19)12-15-5-2-1-4-14(15)11-25/h1-10H,12H2,(H,28,29). The van der Waals surface area contributed by atoms with Crippen LogP contribution in [0.5, 0.6) is 0 Å². The Hall–Kier alpha value is -4.05. The molecule has 5 nitrogen and oxygen atoms in total. The summed E-state index contributed by atoms with van der Waals surface area (Å²) in [5.74, 6) is -2.64. The van der Waals surface area contributed by atoms with Crippen molar-refractivity contribution in [1.82, 2.24) is 9.78 Å². The molecule has 0 atom stereocenters. The van der Waals surface area contributed by atoms with Gasteiger partial charge in [-0.3, -0.25) is 4.68 Å². The number of fused-ring (bicyclic) bond motifs is 1. The van der Waals surface area contributed by atoms with Crippen molar-refractivity contribution < 1.29 is 18.7 Å². The van der Waals surface area contributed by atoms with Crippen LogP contribution >= 0.6 is 0 Å². The molecule has 0 radical (unpaired) electrons. The minimum Gasteiger partial charge on any atom is -0.478 e. The lowest BCUT2D eigenvalue weighted by Gasteiger charge is -2.05. The van der Waals surface area contributed by atoms with Crippen LogP contribution in [0.4, 0.5) is 8.78 Å². The number of benzene rings is 3. The predicted molar refractivity (Wildman–Crippen MR) is 102 cm³/mol. The van der Waals surface area contributed by atoms with E-state index in [1.54, 1.807) is 30.3 Å². The number of halogens is 2. The van der Waals surface area contributed by atoms with E-state index in [2.05, 4.69) is 11.2 Å². The summed E-state index contributed by atoms with van der Waals surface area (Å²) < 4.78 is 30.8. The third-order valence-corrected chi connectivity index (χ3v) is 4.66. The van der Waals surface area contributed by atoms with Crippen LogP contribution in [-0.4, -0.2) is 20.9 Å². The molecule has 0 unspecified atom stereocenters. The van der Waals surface area contributed by atoms with Gasteiger partial charge in [0.1, 0.15) is 17.3 Å². The molecule has 7 heteroatoms. The number of aromatic carboxylic acids is 1. The van der Waals surface area contributed by atoms with Crippen molar-refractivity contribution in [2.24, 2.45) is 0 Å². The summed E-state index contributed by atoms with van der Waals surface area (Å²) in [4.78, 5) is 11.1. The maximum Gasteiger partial charge on any atom is 0.335 e. The smallest absolute Gasteiger partial charge is 0.335 e. The summed E-state index contributed by atoms with van der Waals surface area (Å²) in [5.41, 5.74) is 1.45. The lowest BCUT2D eigenvalue weighted by Crippen LogP contribution is -2.04. The molecule has 0 amide bonds. The van der Waals surface area contributed by atoms with Gasteiger partial charge in [-0.05, 0) is 42.0 Å². The third kappa shape index (κ3) is 3.21. The molecule has 0 spiro atoms. The molecule has 0 aliphatic heterocycles. The molecule has 29 heavy (non-hydrogen) atoms. The first-order valence-electron chi connectivity index (χ1n) is 8.66. The zero-order chi connectivity index (χ0) is 20.5. The zero-order valence-corrected chi connectivity index (χ0v) is 14.9. The number of carboxylic acid groups (broad SMARTS) is 1. The van der Waals surface area contributed by atoms with Gasteiger partial charge in [-0.2, -0.15) is 10.4 Å². The Bertz CT molecular complexity index is 1310. The highest BCUT2D eigenvalue weighted by Gasteiger charge is 2.20. The average Bonchev–Trinajstić information content (AvgIpc) is 3.08. The lowest BCUT2D eigenvalue weighted by molar-refractivity contribution is 0.0696. The van der Waals surface area contributed by atoms with Gasteiger partial charge in [-0.25, -0.2) is 13.6 Å². The van der Waals surface area contributed by atoms with Gasteiger partial charge in [-0.15, -0.1) is 0 Å². The van der Waals surface area contributed by atoms with Gasteiger partial charge in [0.15, 0.2) is 0 Å². The van der Waals surface area contributed by atoms with Crippen molar-refractivity contribution >= 4 is 16.9 Å². The molecule has 1 N–H and O–H groups in total. The summed E-state index contributed by atoms with van der Waals surface area (Å²) in [6, 6.07) is 16.9. The van der Waals surface area contributed by atoms with Gasteiger partial charge in [0.25, 0.3) is 0 Å². The number of hydrogen-bond acceptors (Lipinski definition) is 3. The number of nitrogens with zero attached hydrogens (tertiary/aromatic N) is 3. The Morgan fingerprint density at radius 1 is 1.07 bits per heavy atom. The van der Waals surface area contributed by atoms with Gasteiger partial charge in [-0.1, -0.05) is 24.3 Å². The molecule has 0 saturated carbocycles. The quantitative estimate of drug-likeness (QED) is 0.553. The van der Waals surface area contributed by atoms with Crippen LogP contribution in [-0.2, 0) is 6.54 Å². The minimum atomic E-state index is -1.26. The molecule has 0 fully saturated rings. The van der Waals surface area contributed by atoms with Gasteiger partial charge in [0.2, 0.25) is 0 Å². The second-order valence-electron chi connectivity index (χ2n) is 6.41. The maximum absolute atomic E-state index is 14.6. The SMILES string of the molecule is N#Cc1ccccc1Cn1nc(-c2ccc(C(=O)O)cc2F)c2c(F)cccc21. The number of aromatic nitrogens is 2. The molecular formula is C22H13F2N3O2. The molecular weight excluding hydrogens is 376 g/mol. The van der Waals surface area contributed by atoms with Crippen molar-refractivity contribution in [3.05, 3.63) is 89.0 Å². The second kappa shape index (κ2) is 7.17. The average molecular weight is 389 g/mol. The van der Waals surface area contributed by atoms with Crippen molar-refractivity contribution in [2.75, 3.05) is 0 Å². The fraction of sp³-hybridized carbons (Fsp3) is 0.0455. The monoisotopic (exact) mass is 389 g/mol. The van der Waals surface area contributed by atoms with Gasteiger partial charge >= 0.3 is 5.97 Å². The first-order valence-corrected chi connectivity index (χ1v) is 8.66. The molecule has 4 rings (SSSR count). The zero-order valence-electron chi connectivity index (χ0n) is 14.9. The first-order chi connectivity index (χ1) is 14.0. The molecule has 142 valence electrons. The molecule has 0 aliphatic carbocycles. The summed E-state index contributed by atoms with van der Waals surface area (Å²) in [6.07, 6.45) is 0. The van der Waals surface area contributed by atoms with Crippen LogP contribution in [0.2, 0.25) is 0 Å². The Kier molecular flexibility index (Phi) is 4.53. The third-order valence-electron chi connectivity index (χ3n) is 4.66. The van der Waals surface area contributed by atoms with E-state index in [9.17, 15) is 18.8 Å². The minimum absolute atomic E-state index is 0.00239. The second-order valence-corrected chi connectivity index (χ2v) is 6.41. The van der Waals surface area contributed by atoms with Crippen LogP contribution in [0.1, 0.15) is 21.5 Å². The topological polar surface area (TPSA) is 78.9 Å². The largest absolute Gasteiger partial charge is 0.478 e. The van der Waals surface area contributed by atoms with Crippen LogP contribution < -0.4 is 0 Å². The number of nitriles is 1. The molecule has 4 aromatic rings. The highest BCUT2D eigenvalue weighted by molar-refractivity contribution is 5.95. The van der Waals surface area contributed by atoms with E-state index >= 15 is 0 Å². The highest BCUT2D eigenvalue weighted by atomic mass is 19.1. The summed E-state index contributed by atoms with van der Waals surface area (Å²) in [7, 11) is 0. The first kappa shape index (κ1) is 18.3. The maximum atomic E-state index is 14.6. The van der Waals surface area contributed by atoms with Crippen LogP contribution in [0, 0.1) is 23.0 Å². The van der Waals surface area contributed by atoms with E-state index in [-0.39, 0.29) is 28.8 Å². The Morgan fingerprint density at radius 3 is 2.59 bits per heavy atom. The van der Waals surface area contributed by atoms with Gasteiger partial charge in [0.05, 0.1) is 34.6 Å². The predicted octanol–water partition coefficient (Wildman–Crippen LogP) is 4.60. The van der Waals surface area contributed by atoms with Crippen molar-refractivity contribution in [2.45, 2.75) is 6.54 Å². The Labute approximate surface area is 164 Å². The summed E-state index contributed by atoms with van der Waals surface area (Å²) in [6.45, 7) is 0.193.